The van der Waals surface area contributed by atoms with Gasteiger partial charge in [-0.25, -0.2) is 0 Å². The number of hydrogen-bond acceptors (Lipinski definition) is 2. The van der Waals surface area contributed by atoms with E-state index in [0.717, 1.165) is 12.3 Å². The van der Waals surface area contributed by atoms with Crippen LogP contribution in [0.25, 0.3) is 10.8 Å². The summed E-state index contributed by atoms with van der Waals surface area (Å²) in [7, 11) is 1.76. The van der Waals surface area contributed by atoms with Crippen molar-refractivity contribution in [3.8, 4) is 5.75 Å². The number of benzene rings is 2. The first kappa shape index (κ1) is 14.4. The van der Waals surface area contributed by atoms with Crippen LogP contribution in [0, 0.1) is 0 Å². The fraction of sp³-hybridized carbons (Fsp3) is 0.474. The van der Waals surface area contributed by atoms with E-state index in [0.29, 0.717) is 6.04 Å². The van der Waals surface area contributed by atoms with Gasteiger partial charge in [-0.2, -0.15) is 0 Å². The van der Waals surface area contributed by atoms with E-state index in [4.69, 9.17) is 4.74 Å². The molecule has 21 heavy (non-hydrogen) atoms. The molecule has 0 amide bonds. The highest BCUT2D eigenvalue weighted by molar-refractivity contribution is 5.87. The van der Waals surface area contributed by atoms with E-state index in [1.165, 1.54) is 54.9 Å². The fourth-order valence-corrected chi connectivity index (χ4v) is 3.42. The number of fused-ring (bicyclic) bond motifs is 1. The molecule has 1 saturated carbocycles. The van der Waals surface area contributed by atoms with Crippen LogP contribution in [0.15, 0.2) is 36.4 Å². The van der Waals surface area contributed by atoms with Crippen molar-refractivity contribution in [1.29, 1.82) is 0 Å². The Balaban J connectivity index is 1.81. The van der Waals surface area contributed by atoms with Gasteiger partial charge in [0.05, 0.1) is 7.11 Å². The average molecular weight is 283 g/mol. The van der Waals surface area contributed by atoms with E-state index in [2.05, 4.69) is 41.7 Å². The predicted octanol–water partition coefficient (Wildman–Crippen LogP) is 4.66. The van der Waals surface area contributed by atoms with Crippen LogP contribution in [0.3, 0.4) is 0 Å². The Morgan fingerprint density at radius 1 is 1.00 bits per heavy atom. The van der Waals surface area contributed by atoms with Crippen molar-refractivity contribution in [3.05, 3.63) is 42.0 Å². The maximum atomic E-state index is 5.58. The van der Waals surface area contributed by atoms with Gasteiger partial charge in [-0.3, -0.25) is 0 Å². The van der Waals surface area contributed by atoms with Crippen LogP contribution in [-0.4, -0.2) is 13.2 Å². The molecule has 1 aliphatic rings. The minimum absolute atomic E-state index is 0.663. The molecule has 0 atom stereocenters. The number of hydrogen-bond donors (Lipinski definition) is 1. The Bertz CT molecular complexity index is 585. The molecule has 0 spiro atoms. The van der Waals surface area contributed by atoms with E-state index in [-0.39, 0.29) is 0 Å². The molecule has 1 aliphatic carbocycles. The van der Waals surface area contributed by atoms with E-state index in [1.807, 2.05) is 0 Å². The second-order valence-corrected chi connectivity index (χ2v) is 6.04. The van der Waals surface area contributed by atoms with Crippen molar-refractivity contribution in [2.45, 2.75) is 51.1 Å². The third-order valence-corrected chi connectivity index (χ3v) is 4.64. The molecule has 1 N–H and O–H groups in total. The average Bonchev–Trinajstić information content (AvgIpc) is 2.81. The molecule has 2 heteroatoms. The monoisotopic (exact) mass is 283 g/mol. The summed E-state index contributed by atoms with van der Waals surface area (Å²) in [5, 5.41) is 6.36. The van der Waals surface area contributed by atoms with Crippen LogP contribution in [0.5, 0.6) is 5.75 Å². The summed E-state index contributed by atoms with van der Waals surface area (Å²) in [4.78, 5) is 0. The lowest BCUT2D eigenvalue weighted by Gasteiger charge is -2.18. The number of rotatable bonds is 4. The largest absolute Gasteiger partial charge is 0.496 e. The van der Waals surface area contributed by atoms with Crippen molar-refractivity contribution in [2.75, 3.05) is 7.11 Å². The van der Waals surface area contributed by atoms with Gasteiger partial charge in [0.15, 0.2) is 0 Å². The first-order chi connectivity index (χ1) is 10.4. The highest BCUT2D eigenvalue weighted by Gasteiger charge is 2.14. The standard InChI is InChI=1S/C19H25NO/c1-21-19-13-12-15-8-6-7-11-17(15)18(19)14-20-16-9-4-2-3-5-10-16/h6-8,11-13,16,20H,2-5,9-10,14H2,1H3. The van der Waals surface area contributed by atoms with E-state index >= 15 is 0 Å². The van der Waals surface area contributed by atoms with Gasteiger partial charge in [0, 0.05) is 18.2 Å². The molecular formula is C19H25NO. The minimum atomic E-state index is 0.663. The van der Waals surface area contributed by atoms with Crippen LogP contribution in [0.1, 0.15) is 44.1 Å². The zero-order valence-corrected chi connectivity index (χ0v) is 12.9. The maximum Gasteiger partial charge on any atom is 0.123 e. The molecule has 0 aliphatic heterocycles. The number of methoxy groups -OCH3 is 1. The summed E-state index contributed by atoms with van der Waals surface area (Å²) in [6.45, 7) is 0.898. The Kier molecular flexibility index (Phi) is 4.76. The second-order valence-electron chi connectivity index (χ2n) is 6.04. The Morgan fingerprint density at radius 3 is 2.52 bits per heavy atom. The zero-order valence-electron chi connectivity index (χ0n) is 12.9. The van der Waals surface area contributed by atoms with Gasteiger partial charge in [0.25, 0.3) is 0 Å². The van der Waals surface area contributed by atoms with Crippen LogP contribution in [0.4, 0.5) is 0 Å². The lowest BCUT2D eigenvalue weighted by Crippen LogP contribution is -2.28. The molecule has 0 radical (unpaired) electrons. The highest BCUT2D eigenvalue weighted by atomic mass is 16.5. The van der Waals surface area contributed by atoms with Gasteiger partial charge < -0.3 is 10.1 Å². The molecule has 2 aromatic carbocycles. The summed E-state index contributed by atoms with van der Waals surface area (Å²) >= 11 is 0. The zero-order chi connectivity index (χ0) is 14.5. The van der Waals surface area contributed by atoms with Crippen LogP contribution in [-0.2, 0) is 6.54 Å². The molecule has 112 valence electrons. The van der Waals surface area contributed by atoms with Crippen molar-refractivity contribution in [2.24, 2.45) is 0 Å². The maximum absolute atomic E-state index is 5.58. The second kappa shape index (κ2) is 6.95. The number of nitrogens with one attached hydrogen (secondary N) is 1. The third kappa shape index (κ3) is 3.38. The molecule has 0 heterocycles. The van der Waals surface area contributed by atoms with Gasteiger partial charge >= 0.3 is 0 Å². The van der Waals surface area contributed by atoms with Crippen molar-refractivity contribution < 1.29 is 4.74 Å². The fourth-order valence-electron chi connectivity index (χ4n) is 3.42. The quantitative estimate of drug-likeness (QED) is 0.824. The topological polar surface area (TPSA) is 21.3 Å². The lowest BCUT2D eigenvalue weighted by molar-refractivity contribution is 0.402. The Labute approximate surface area is 127 Å². The summed E-state index contributed by atoms with van der Waals surface area (Å²) in [6.07, 6.45) is 8.15. The van der Waals surface area contributed by atoms with E-state index in [1.54, 1.807) is 7.11 Å². The smallest absolute Gasteiger partial charge is 0.123 e. The van der Waals surface area contributed by atoms with Gasteiger partial charge in [-0.05, 0) is 29.7 Å². The minimum Gasteiger partial charge on any atom is -0.496 e. The molecule has 0 unspecified atom stereocenters. The lowest BCUT2D eigenvalue weighted by atomic mass is 10.0. The first-order valence-electron chi connectivity index (χ1n) is 8.16. The molecular weight excluding hydrogens is 258 g/mol. The van der Waals surface area contributed by atoms with Crippen LogP contribution < -0.4 is 10.1 Å². The summed E-state index contributed by atoms with van der Waals surface area (Å²) < 4.78 is 5.58. The van der Waals surface area contributed by atoms with Gasteiger partial charge in [0.1, 0.15) is 5.75 Å². The van der Waals surface area contributed by atoms with Gasteiger partial charge in [0.2, 0.25) is 0 Å². The third-order valence-electron chi connectivity index (χ3n) is 4.64. The predicted molar refractivity (Wildman–Crippen MR) is 88.8 cm³/mol. The Hall–Kier alpha value is -1.54. The SMILES string of the molecule is COc1ccc2ccccc2c1CNC1CCCCCC1. The highest BCUT2D eigenvalue weighted by Crippen LogP contribution is 2.28. The molecule has 0 aromatic heterocycles. The normalized spacial score (nSPS) is 16.8. The molecule has 0 bridgehead atoms. The number of ether oxygens (including phenoxy) is 1. The Morgan fingerprint density at radius 2 is 1.76 bits per heavy atom. The summed E-state index contributed by atoms with van der Waals surface area (Å²) in [5.74, 6) is 0.995. The molecule has 0 saturated heterocycles. The van der Waals surface area contributed by atoms with Crippen molar-refractivity contribution in [1.82, 2.24) is 5.32 Å². The molecule has 3 rings (SSSR count). The van der Waals surface area contributed by atoms with Crippen LogP contribution >= 0.6 is 0 Å². The summed E-state index contributed by atoms with van der Waals surface area (Å²) in [6, 6.07) is 13.5. The van der Waals surface area contributed by atoms with E-state index < -0.39 is 0 Å². The first-order valence-corrected chi connectivity index (χ1v) is 8.16. The van der Waals surface area contributed by atoms with Crippen LogP contribution in [0.2, 0.25) is 0 Å². The molecule has 1 fully saturated rings. The van der Waals surface area contributed by atoms with Crippen molar-refractivity contribution >= 4 is 10.8 Å². The van der Waals surface area contributed by atoms with Gasteiger partial charge in [-0.15, -0.1) is 0 Å². The molecule has 2 nitrogen and oxygen atoms in total. The summed E-state index contributed by atoms with van der Waals surface area (Å²) in [5.41, 5.74) is 1.29. The molecule has 2 aromatic rings. The van der Waals surface area contributed by atoms with Crippen molar-refractivity contribution in [3.63, 3.8) is 0 Å². The van der Waals surface area contributed by atoms with E-state index in [9.17, 15) is 0 Å². The van der Waals surface area contributed by atoms with Gasteiger partial charge in [-0.1, -0.05) is 56.0 Å².